The molecular formula is C6H13O6P. The van der Waals surface area contributed by atoms with Crippen LogP contribution in [0.15, 0.2) is 0 Å². The van der Waals surface area contributed by atoms with Gasteiger partial charge in [-0.1, -0.05) is 0 Å². The number of aliphatic hydroxyl groups excluding tert-OH is 1. The van der Waals surface area contributed by atoms with Crippen molar-refractivity contribution in [2.75, 3.05) is 13.2 Å². The molecule has 7 heteroatoms. The Bertz CT molecular complexity index is 205. The third-order valence-electron chi connectivity index (χ3n) is 1.14. The Morgan fingerprint density at radius 1 is 1.38 bits per heavy atom. The van der Waals surface area contributed by atoms with Crippen molar-refractivity contribution in [3.63, 3.8) is 0 Å². The number of hydrogen-bond donors (Lipinski definition) is 2. The van der Waals surface area contributed by atoms with Crippen molar-refractivity contribution < 1.29 is 28.6 Å². The zero-order valence-corrected chi connectivity index (χ0v) is 8.36. The standard InChI is InChI=1S/C6H13O6P/c1-3-11-13(10,12-4-2)6(9)5(7)8/h6,9H,3-4H2,1-2H3,(H,7,8). The Morgan fingerprint density at radius 2 is 1.77 bits per heavy atom. The smallest absolute Gasteiger partial charge is 0.370 e. The minimum Gasteiger partial charge on any atom is -0.479 e. The minimum atomic E-state index is -3.91. The molecule has 0 saturated carbocycles. The first-order valence-electron chi connectivity index (χ1n) is 3.77. The van der Waals surface area contributed by atoms with Gasteiger partial charge >= 0.3 is 13.6 Å². The summed E-state index contributed by atoms with van der Waals surface area (Å²) in [5, 5.41) is 17.4. The summed E-state index contributed by atoms with van der Waals surface area (Å²) >= 11 is 0. The number of aliphatic hydroxyl groups is 1. The normalized spacial score (nSPS) is 14.1. The average molecular weight is 212 g/mol. The molecule has 0 aromatic heterocycles. The highest BCUT2D eigenvalue weighted by Crippen LogP contribution is 2.51. The second-order valence-electron chi connectivity index (χ2n) is 2.09. The minimum absolute atomic E-state index is 0.0155. The van der Waals surface area contributed by atoms with Gasteiger partial charge in [-0.25, -0.2) is 4.79 Å². The van der Waals surface area contributed by atoms with Crippen LogP contribution in [-0.4, -0.2) is 35.2 Å². The molecule has 1 atom stereocenters. The average Bonchev–Trinajstić information content (AvgIpc) is 2.03. The molecule has 6 nitrogen and oxygen atoms in total. The molecule has 2 N–H and O–H groups in total. The van der Waals surface area contributed by atoms with E-state index < -0.39 is 19.4 Å². The van der Waals surface area contributed by atoms with Crippen LogP contribution in [0.25, 0.3) is 0 Å². The summed E-state index contributed by atoms with van der Waals surface area (Å²) in [5.41, 5.74) is 0. The predicted molar refractivity (Wildman–Crippen MR) is 44.5 cm³/mol. The molecule has 0 radical (unpaired) electrons. The lowest BCUT2D eigenvalue weighted by Gasteiger charge is -2.18. The molecule has 0 aliphatic rings. The van der Waals surface area contributed by atoms with Gasteiger partial charge in [0.05, 0.1) is 13.2 Å². The summed E-state index contributed by atoms with van der Waals surface area (Å²) < 4.78 is 20.7. The van der Waals surface area contributed by atoms with Crippen molar-refractivity contribution in [1.82, 2.24) is 0 Å². The van der Waals surface area contributed by atoms with Crippen molar-refractivity contribution in [1.29, 1.82) is 0 Å². The molecule has 0 aliphatic heterocycles. The zero-order valence-electron chi connectivity index (χ0n) is 7.47. The zero-order chi connectivity index (χ0) is 10.5. The highest BCUT2D eigenvalue weighted by atomic mass is 31.2. The van der Waals surface area contributed by atoms with Crippen LogP contribution in [-0.2, 0) is 18.4 Å². The van der Waals surface area contributed by atoms with E-state index in [9.17, 15) is 9.36 Å². The first-order chi connectivity index (χ1) is 5.98. The van der Waals surface area contributed by atoms with E-state index in [1.165, 1.54) is 13.8 Å². The number of carboxylic acid groups (broad SMARTS) is 1. The number of aliphatic carboxylic acids is 1. The van der Waals surface area contributed by atoms with Crippen LogP contribution in [0.3, 0.4) is 0 Å². The van der Waals surface area contributed by atoms with Crippen molar-refractivity contribution in [2.45, 2.75) is 19.7 Å². The molecule has 0 amide bonds. The SMILES string of the molecule is CCOP(=O)(OCC)C(O)C(=O)O. The second kappa shape index (κ2) is 5.34. The lowest BCUT2D eigenvalue weighted by atomic mass is 10.7. The van der Waals surface area contributed by atoms with E-state index in [0.29, 0.717) is 0 Å². The maximum absolute atomic E-state index is 11.5. The Kier molecular flexibility index (Phi) is 5.17. The first-order valence-corrected chi connectivity index (χ1v) is 5.38. The van der Waals surface area contributed by atoms with Gasteiger partial charge in [-0.2, -0.15) is 0 Å². The summed E-state index contributed by atoms with van der Waals surface area (Å²) in [6.45, 7) is 3.09. The van der Waals surface area contributed by atoms with Crippen LogP contribution >= 0.6 is 7.60 Å². The van der Waals surface area contributed by atoms with Crippen molar-refractivity contribution in [2.24, 2.45) is 0 Å². The van der Waals surface area contributed by atoms with Gasteiger partial charge in [0.1, 0.15) is 0 Å². The molecule has 0 aliphatic carbocycles. The van der Waals surface area contributed by atoms with Crippen LogP contribution in [0, 0.1) is 0 Å². The Hall–Kier alpha value is -0.420. The van der Waals surface area contributed by atoms with Gasteiger partial charge < -0.3 is 19.3 Å². The van der Waals surface area contributed by atoms with E-state index in [4.69, 9.17) is 10.2 Å². The predicted octanol–water partition coefficient (Wildman–Crippen LogP) is 0.655. The van der Waals surface area contributed by atoms with Crippen molar-refractivity contribution in [3.8, 4) is 0 Å². The molecule has 0 aromatic carbocycles. The lowest BCUT2D eigenvalue weighted by molar-refractivity contribution is -0.143. The van der Waals surface area contributed by atoms with Gasteiger partial charge in [0.15, 0.2) is 0 Å². The second-order valence-corrected chi connectivity index (χ2v) is 4.17. The summed E-state index contributed by atoms with van der Waals surface area (Å²) in [5.74, 6) is -3.74. The first kappa shape index (κ1) is 12.6. The molecule has 0 fully saturated rings. The Morgan fingerprint density at radius 3 is 2.00 bits per heavy atom. The number of carboxylic acids is 1. The van der Waals surface area contributed by atoms with Gasteiger partial charge in [0, 0.05) is 0 Å². The van der Waals surface area contributed by atoms with Crippen molar-refractivity contribution >= 4 is 13.6 Å². The summed E-state index contributed by atoms with van der Waals surface area (Å²) in [6.07, 6.45) is 0. The Balaban J connectivity index is 4.57. The molecule has 78 valence electrons. The van der Waals surface area contributed by atoms with Gasteiger partial charge in [0.2, 0.25) is 0 Å². The Labute approximate surface area is 76.0 Å². The van der Waals surface area contributed by atoms with E-state index in [-0.39, 0.29) is 13.2 Å². The van der Waals surface area contributed by atoms with Gasteiger partial charge in [0.25, 0.3) is 5.85 Å². The molecule has 0 saturated heterocycles. The van der Waals surface area contributed by atoms with Crippen LogP contribution in [0.5, 0.6) is 0 Å². The number of rotatable bonds is 6. The summed E-state index contributed by atoms with van der Waals surface area (Å²) in [4.78, 5) is 10.3. The third-order valence-corrected chi connectivity index (χ3v) is 3.19. The lowest BCUT2D eigenvalue weighted by Crippen LogP contribution is -2.22. The maximum atomic E-state index is 11.5. The largest absolute Gasteiger partial charge is 0.479 e. The van der Waals surface area contributed by atoms with E-state index >= 15 is 0 Å². The molecule has 1 unspecified atom stereocenters. The molecule has 13 heavy (non-hydrogen) atoms. The van der Waals surface area contributed by atoms with Crippen LogP contribution in [0.4, 0.5) is 0 Å². The van der Waals surface area contributed by atoms with E-state index in [1.54, 1.807) is 0 Å². The van der Waals surface area contributed by atoms with E-state index in [2.05, 4.69) is 9.05 Å². The van der Waals surface area contributed by atoms with Gasteiger partial charge in [-0.05, 0) is 13.8 Å². The highest BCUT2D eigenvalue weighted by molar-refractivity contribution is 7.55. The summed E-state index contributed by atoms with van der Waals surface area (Å²) in [7, 11) is -3.91. The molecule has 0 spiro atoms. The fourth-order valence-electron chi connectivity index (χ4n) is 0.674. The molecule has 0 rings (SSSR count). The fourth-order valence-corrected chi connectivity index (χ4v) is 2.02. The highest BCUT2D eigenvalue weighted by Gasteiger charge is 2.39. The quantitative estimate of drug-likeness (QED) is 0.628. The van der Waals surface area contributed by atoms with Gasteiger partial charge in [-0.3, -0.25) is 4.57 Å². The molecule has 0 heterocycles. The summed E-state index contributed by atoms with van der Waals surface area (Å²) in [6, 6.07) is 0. The maximum Gasteiger partial charge on any atom is 0.370 e. The molecule has 0 aromatic rings. The number of carbonyl (C=O) groups is 1. The van der Waals surface area contributed by atoms with Crippen LogP contribution < -0.4 is 0 Å². The number of hydrogen-bond acceptors (Lipinski definition) is 5. The fraction of sp³-hybridized carbons (Fsp3) is 0.833. The third kappa shape index (κ3) is 3.44. The van der Waals surface area contributed by atoms with Gasteiger partial charge in [-0.15, -0.1) is 0 Å². The van der Waals surface area contributed by atoms with Crippen LogP contribution in [0.2, 0.25) is 0 Å². The molecular weight excluding hydrogens is 199 g/mol. The topological polar surface area (TPSA) is 93.1 Å². The monoisotopic (exact) mass is 212 g/mol. The van der Waals surface area contributed by atoms with Crippen LogP contribution in [0.1, 0.15) is 13.8 Å². The van der Waals surface area contributed by atoms with Crippen molar-refractivity contribution in [3.05, 3.63) is 0 Å². The van der Waals surface area contributed by atoms with E-state index in [0.717, 1.165) is 0 Å². The van der Waals surface area contributed by atoms with E-state index in [1.807, 2.05) is 0 Å². The molecule has 0 bridgehead atoms.